The Hall–Kier alpha value is -3.20. The molecule has 0 spiro atoms. The van der Waals surface area contributed by atoms with Gasteiger partial charge in [0.05, 0.1) is 20.3 Å². The number of rotatable bonds is 6. The highest BCUT2D eigenvalue weighted by atomic mass is 16.5. The average molecular weight is 351 g/mol. The first-order valence-electron chi connectivity index (χ1n) is 8.13. The molecule has 2 rings (SSSR count). The molecule has 134 valence electrons. The highest BCUT2D eigenvalue weighted by molar-refractivity contribution is 6.09. The Morgan fingerprint density at radius 3 is 2.50 bits per heavy atom. The van der Waals surface area contributed by atoms with E-state index in [1.54, 1.807) is 18.2 Å². The van der Waals surface area contributed by atoms with Crippen LogP contribution in [-0.2, 0) is 0 Å². The van der Waals surface area contributed by atoms with Gasteiger partial charge in [-0.1, -0.05) is 19.9 Å². The second-order valence-corrected chi connectivity index (χ2v) is 6.06. The number of ether oxygens (including phenoxy) is 2. The maximum absolute atomic E-state index is 13.2. The molecule has 0 saturated carbocycles. The van der Waals surface area contributed by atoms with Gasteiger partial charge in [0, 0.05) is 17.2 Å². The zero-order chi connectivity index (χ0) is 19.3. The summed E-state index contributed by atoms with van der Waals surface area (Å²) in [6.07, 6.45) is 3.04. The number of nitrogens with zero attached hydrogens (tertiary/aromatic N) is 3. The van der Waals surface area contributed by atoms with Crippen LogP contribution in [0.5, 0.6) is 11.9 Å². The van der Waals surface area contributed by atoms with Crippen LogP contribution in [0.2, 0.25) is 0 Å². The summed E-state index contributed by atoms with van der Waals surface area (Å²) in [5.74, 6) is 0.0630. The normalized spacial score (nSPS) is 10.8. The SMILES string of the molecule is COc1nc(OC)c(C(C)C)c(C(=O)c2cc(C)cc(/C=C\C#N)c2)n1. The minimum atomic E-state index is -0.247. The number of aryl methyl sites for hydroxylation is 1. The minimum Gasteiger partial charge on any atom is -0.481 e. The van der Waals surface area contributed by atoms with E-state index in [1.807, 2.05) is 32.9 Å². The molecule has 0 radical (unpaired) electrons. The van der Waals surface area contributed by atoms with Crippen molar-refractivity contribution < 1.29 is 14.3 Å². The molecule has 1 heterocycles. The van der Waals surface area contributed by atoms with Gasteiger partial charge in [-0.3, -0.25) is 4.79 Å². The zero-order valence-corrected chi connectivity index (χ0v) is 15.5. The van der Waals surface area contributed by atoms with E-state index in [1.165, 1.54) is 20.3 Å². The van der Waals surface area contributed by atoms with Gasteiger partial charge in [-0.15, -0.1) is 0 Å². The van der Waals surface area contributed by atoms with Gasteiger partial charge in [0.25, 0.3) is 0 Å². The van der Waals surface area contributed by atoms with Crippen molar-refractivity contribution in [3.05, 3.63) is 52.2 Å². The fourth-order valence-corrected chi connectivity index (χ4v) is 2.68. The standard InChI is InChI=1S/C20H21N3O3/c1-12(2)16-17(22-20(26-5)23-19(16)25-4)18(24)15-10-13(3)9-14(11-15)7-6-8-21/h6-7,9-12H,1-5H3/b7-6-. The van der Waals surface area contributed by atoms with Crippen LogP contribution < -0.4 is 9.47 Å². The highest BCUT2D eigenvalue weighted by Crippen LogP contribution is 2.30. The van der Waals surface area contributed by atoms with Gasteiger partial charge >= 0.3 is 6.01 Å². The summed E-state index contributed by atoms with van der Waals surface area (Å²) in [6, 6.07) is 7.44. The van der Waals surface area contributed by atoms with Crippen molar-refractivity contribution in [2.45, 2.75) is 26.7 Å². The lowest BCUT2D eigenvalue weighted by molar-refractivity contribution is 0.103. The van der Waals surface area contributed by atoms with Gasteiger partial charge in [-0.25, -0.2) is 0 Å². The maximum atomic E-state index is 13.2. The molecular weight excluding hydrogens is 330 g/mol. The fraction of sp³-hybridized carbons (Fsp3) is 0.300. The molecular formula is C20H21N3O3. The smallest absolute Gasteiger partial charge is 0.320 e. The number of carbonyl (C=O) groups is 1. The molecule has 1 aromatic heterocycles. The van der Waals surface area contributed by atoms with Crippen LogP contribution in [0.4, 0.5) is 0 Å². The number of methoxy groups -OCH3 is 2. The van der Waals surface area contributed by atoms with Gasteiger partial charge in [-0.05, 0) is 42.2 Å². The number of aromatic nitrogens is 2. The summed E-state index contributed by atoms with van der Waals surface area (Å²) < 4.78 is 10.5. The Kier molecular flexibility index (Phi) is 6.07. The van der Waals surface area contributed by atoms with E-state index in [4.69, 9.17) is 14.7 Å². The lowest BCUT2D eigenvalue weighted by Crippen LogP contribution is -2.14. The number of ketones is 1. The summed E-state index contributed by atoms with van der Waals surface area (Å²) in [5, 5.41) is 8.72. The Balaban J connectivity index is 2.64. The van der Waals surface area contributed by atoms with Crippen molar-refractivity contribution in [2.75, 3.05) is 14.2 Å². The summed E-state index contributed by atoms with van der Waals surface area (Å²) >= 11 is 0. The molecule has 0 unspecified atom stereocenters. The first-order chi connectivity index (χ1) is 12.4. The van der Waals surface area contributed by atoms with Crippen molar-refractivity contribution in [3.8, 4) is 18.0 Å². The van der Waals surface area contributed by atoms with Crippen molar-refractivity contribution in [3.63, 3.8) is 0 Å². The topological polar surface area (TPSA) is 85.1 Å². The molecule has 0 aliphatic heterocycles. The van der Waals surface area contributed by atoms with E-state index >= 15 is 0 Å². The molecule has 0 saturated heterocycles. The van der Waals surface area contributed by atoms with E-state index in [0.717, 1.165) is 11.1 Å². The number of carbonyl (C=O) groups excluding carboxylic acids is 1. The molecule has 0 bridgehead atoms. The summed E-state index contributed by atoms with van der Waals surface area (Å²) in [7, 11) is 2.94. The second kappa shape index (κ2) is 8.26. The first kappa shape index (κ1) is 19.1. The predicted octanol–water partition coefficient (Wildman–Crippen LogP) is 3.69. The zero-order valence-electron chi connectivity index (χ0n) is 15.5. The van der Waals surface area contributed by atoms with Crippen LogP contribution in [0.1, 0.15) is 52.5 Å². The third kappa shape index (κ3) is 4.06. The molecule has 0 N–H and O–H groups in total. The minimum absolute atomic E-state index is 0.0161. The van der Waals surface area contributed by atoms with Crippen molar-refractivity contribution in [2.24, 2.45) is 0 Å². The van der Waals surface area contributed by atoms with Crippen LogP contribution in [0, 0.1) is 18.3 Å². The van der Waals surface area contributed by atoms with Crippen LogP contribution in [-0.4, -0.2) is 30.0 Å². The summed E-state index contributed by atoms with van der Waals surface area (Å²) in [6.45, 7) is 5.79. The van der Waals surface area contributed by atoms with Crippen LogP contribution in [0.25, 0.3) is 6.08 Å². The molecule has 0 aliphatic carbocycles. The quantitative estimate of drug-likeness (QED) is 0.583. The van der Waals surface area contributed by atoms with E-state index in [2.05, 4.69) is 9.97 Å². The number of allylic oxidation sites excluding steroid dienone is 1. The largest absolute Gasteiger partial charge is 0.481 e. The van der Waals surface area contributed by atoms with Crippen molar-refractivity contribution >= 4 is 11.9 Å². The lowest BCUT2D eigenvalue weighted by atomic mass is 9.95. The third-order valence-corrected chi connectivity index (χ3v) is 3.77. The van der Waals surface area contributed by atoms with Gasteiger partial charge in [0.15, 0.2) is 0 Å². The predicted molar refractivity (Wildman–Crippen MR) is 98.5 cm³/mol. The Bertz CT molecular complexity index is 896. The van der Waals surface area contributed by atoms with E-state index in [9.17, 15) is 4.79 Å². The van der Waals surface area contributed by atoms with E-state index in [0.29, 0.717) is 17.0 Å². The second-order valence-electron chi connectivity index (χ2n) is 6.06. The third-order valence-electron chi connectivity index (χ3n) is 3.77. The van der Waals surface area contributed by atoms with Crippen LogP contribution in [0.3, 0.4) is 0 Å². The van der Waals surface area contributed by atoms with Gasteiger partial charge in [0.1, 0.15) is 5.69 Å². The summed E-state index contributed by atoms with van der Waals surface area (Å²) in [5.41, 5.74) is 3.05. The molecule has 2 aromatic rings. The molecule has 6 heteroatoms. The monoisotopic (exact) mass is 351 g/mol. The molecule has 0 fully saturated rings. The van der Waals surface area contributed by atoms with E-state index < -0.39 is 0 Å². The number of nitriles is 1. The van der Waals surface area contributed by atoms with Crippen molar-refractivity contribution in [1.29, 1.82) is 5.26 Å². The molecule has 6 nitrogen and oxygen atoms in total. The number of hydrogen-bond donors (Lipinski definition) is 0. The number of benzene rings is 1. The molecule has 26 heavy (non-hydrogen) atoms. The molecule has 0 aliphatic rings. The van der Waals surface area contributed by atoms with Gasteiger partial charge in [-0.2, -0.15) is 15.2 Å². The fourth-order valence-electron chi connectivity index (χ4n) is 2.68. The Morgan fingerprint density at radius 1 is 1.19 bits per heavy atom. The Labute approximate surface area is 153 Å². The summed E-state index contributed by atoms with van der Waals surface area (Å²) in [4.78, 5) is 21.7. The maximum Gasteiger partial charge on any atom is 0.320 e. The van der Waals surface area contributed by atoms with Gasteiger partial charge < -0.3 is 9.47 Å². The van der Waals surface area contributed by atoms with Crippen LogP contribution in [0.15, 0.2) is 24.3 Å². The van der Waals surface area contributed by atoms with Crippen molar-refractivity contribution in [1.82, 2.24) is 9.97 Å². The highest BCUT2D eigenvalue weighted by Gasteiger charge is 2.24. The van der Waals surface area contributed by atoms with Crippen LogP contribution >= 0.6 is 0 Å². The Morgan fingerprint density at radius 2 is 1.92 bits per heavy atom. The van der Waals surface area contributed by atoms with Gasteiger partial charge in [0.2, 0.25) is 11.7 Å². The first-order valence-corrected chi connectivity index (χ1v) is 8.13. The molecule has 0 atom stereocenters. The number of hydrogen-bond acceptors (Lipinski definition) is 6. The lowest BCUT2D eigenvalue weighted by Gasteiger charge is -2.16. The van der Waals surface area contributed by atoms with E-state index in [-0.39, 0.29) is 23.4 Å². The molecule has 0 amide bonds. The average Bonchev–Trinajstić information content (AvgIpc) is 2.63. The molecule has 1 aromatic carbocycles.